The Labute approximate surface area is 99.9 Å². The van der Waals surface area contributed by atoms with Gasteiger partial charge in [-0.25, -0.2) is 9.97 Å². The first-order valence-corrected chi connectivity index (χ1v) is 6.33. The van der Waals surface area contributed by atoms with Crippen LogP contribution in [0.3, 0.4) is 0 Å². The van der Waals surface area contributed by atoms with Crippen LogP contribution in [0.15, 0.2) is 12.4 Å². The molecule has 0 atom stereocenters. The number of hydrogen-bond acceptors (Lipinski definition) is 4. The van der Waals surface area contributed by atoms with Crippen LogP contribution in [-0.4, -0.2) is 15.5 Å². The first-order chi connectivity index (χ1) is 7.52. The fourth-order valence-corrected chi connectivity index (χ4v) is 2.33. The molecule has 4 heteroatoms. The molecule has 0 aromatic carbocycles. The highest BCUT2D eigenvalue weighted by molar-refractivity contribution is 7.18. The third-order valence-corrected chi connectivity index (χ3v) is 3.75. The largest absolute Gasteiger partial charge is 0.365 e. The summed E-state index contributed by atoms with van der Waals surface area (Å²) in [7, 11) is 0. The lowest BCUT2D eigenvalue weighted by atomic mass is 10.0. The first kappa shape index (κ1) is 11.3. The summed E-state index contributed by atoms with van der Waals surface area (Å²) in [6.45, 7) is 8.63. The van der Waals surface area contributed by atoms with E-state index in [1.807, 2.05) is 0 Å². The van der Waals surface area contributed by atoms with Crippen LogP contribution in [0.5, 0.6) is 0 Å². The highest BCUT2D eigenvalue weighted by Crippen LogP contribution is 2.29. The molecule has 2 rings (SSSR count). The molecule has 0 radical (unpaired) electrons. The molecule has 0 aliphatic carbocycles. The van der Waals surface area contributed by atoms with Gasteiger partial charge in [-0.1, -0.05) is 6.92 Å². The summed E-state index contributed by atoms with van der Waals surface area (Å²) in [5.74, 6) is 0.946. The second-order valence-corrected chi connectivity index (χ2v) is 5.90. The van der Waals surface area contributed by atoms with Gasteiger partial charge in [0.05, 0.1) is 5.39 Å². The number of nitrogens with zero attached hydrogens (tertiary/aromatic N) is 2. The minimum absolute atomic E-state index is 0.0666. The fraction of sp³-hybridized carbons (Fsp3) is 0.500. The van der Waals surface area contributed by atoms with Gasteiger partial charge in [-0.3, -0.25) is 0 Å². The smallest absolute Gasteiger partial charge is 0.138 e. The molecular formula is C12H17N3S. The van der Waals surface area contributed by atoms with Crippen molar-refractivity contribution in [2.24, 2.45) is 0 Å². The van der Waals surface area contributed by atoms with Crippen LogP contribution in [0.4, 0.5) is 5.82 Å². The van der Waals surface area contributed by atoms with E-state index in [4.69, 9.17) is 0 Å². The van der Waals surface area contributed by atoms with Crippen molar-refractivity contribution in [3.05, 3.63) is 17.3 Å². The molecule has 0 bridgehead atoms. The molecule has 2 aromatic rings. The van der Waals surface area contributed by atoms with Crippen molar-refractivity contribution in [2.45, 2.75) is 39.7 Å². The molecule has 1 N–H and O–H groups in total. The van der Waals surface area contributed by atoms with E-state index in [0.717, 1.165) is 22.5 Å². The molecule has 0 spiro atoms. The quantitative estimate of drug-likeness (QED) is 0.883. The van der Waals surface area contributed by atoms with Crippen LogP contribution in [0, 0.1) is 6.92 Å². The Hall–Kier alpha value is -1.16. The Balaban J connectivity index is 2.44. The molecule has 86 valence electrons. The van der Waals surface area contributed by atoms with Crippen molar-refractivity contribution >= 4 is 27.4 Å². The van der Waals surface area contributed by atoms with Gasteiger partial charge in [0.2, 0.25) is 0 Å². The lowest BCUT2D eigenvalue weighted by Crippen LogP contribution is -2.30. The summed E-state index contributed by atoms with van der Waals surface area (Å²) < 4.78 is 0. The van der Waals surface area contributed by atoms with Gasteiger partial charge in [0.1, 0.15) is 17.0 Å². The Bertz CT molecular complexity index is 502. The highest BCUT2D eigenvalue weighted by atomic mass is 32.1. The Morgan fingerprint density at radius 2 is 2.12 bits per heavy atom. The predicted molar refractivity (Wildman–Crippen MR) is 70.1 cm³/mol. The van der Waals surface area contributed by atoms with Gasteiger partial charge in [-0.2, -0.15) is 0 Å². The van der Waals surface area contributed by atoms with Crippen LogP contribution in [0.2, 0.25) is 0 Å². The van der Waals surface area contributed by atoms with Gasteiger partial charge in [0.25, 0.3) is 0 Å². The lowest BCUT2D eigenvalue weighted by molar-refractivity contribution is 0.545. The predicted octanol–water partition coefficient (Wildman–Crippen LogP) is 3.60. The van der Waals surface area contributed by atoms with Gasteiger partial charge < -0.3 is 5.32 Å². The second kappa shape index (κ2) is 4.01. The Morgan fingerprint density at radius 1 is 1.38 bits per heavy atom. The molecule has 0 saturated heterocycles. The van der Waals surface area contributed by atoms with Crippen molar-refractivity contribution in [3.8, 4) is 0 Å². The van der Waals surface area contributed by atoms with Crippen LogP contribution in [0.25, 0.3) is 10.2 Å². The van der Waals surface area contributed by atoms with Gasteiger partial charge in [-0.05, 0) is 33.3 Å². The third-order valence-electron chi connectivity index (χ3n) is 2.79. The average Bonchev–Trinajstić information content (AvgIpc) is 2.59. The molecular weight excluding hydrogens is 218 g/mol. The number of anilines is 1. The van der Waals surface area contributed by atoms with Crippen molar-refractivity contribution in [1.29, 1.82) is 0 Å². The zero-order valence-corrected chi connectivity index (χ0v) is 11.0. The zero-order valence-electron chi connectivity index (χ0n) is 10.2. The number of rotatable bonds is 3. The minimum atomic E-state index is 0.0666. The van der Waals surface area contributed by atoms with Crippen molar-refractivity contribution in [2.75, 3.05) is 5.32 Å². The Morgan fingerprint density at radius 3 is 2.81 bits per heavy atom. The van der Waals surface area contributed by atoms with E-state index in [1.165, 1.54) is 4.88 Å². The first-order valence-electron chi connectivity index (χ1n) is 5.51. The van der Waals surface area contributed by atoms with E-state index in [-0.39, 0.29) is 5.54 Å². The molecule has 0 aliphatic heterocycles. The maximum absolute atomic E-state index is 4.34. The summed E-state index contributed by atoms with van der Waals surface area (Å²) in [6.07, 6.45) is 2.69. The van der Waals surface area contributed by atoms with E-state index < -0.39 is 0 Å². The Kier molecular flexibility index (Phi) is 2.84. The van der Waals surface area contributed by atoms with Gasteiger partial charge in [0, 0.05) is 10.4 Å². The number of nitrogens with one attached hydrogen (secondary N) is 1. The molecule has 0 aliphatic rings. The third kappa shape index (κ3) is 2.16. The number of thiophene rings is 1. The highest BCUT2D eigenvalue weighted by Gasteiger charge is 2.17. The summed E-state index contributed by atoms with van der Waals surface area (Å²) >= 11 is 1.71. The van der Waals surface area contributed by atoms with E-state index in [1.54, 1.807) is 17.7 Å². The number of fused-ring (bicyclic) bond motifs is 1. The number of aromatic nitrogens is 2. The molecule has 0 amide bonds. The van der Waals surface area contributed by atoms with Gasteiger partial charge in [0.15, 0.2) is 0 Å². The summed E-state index contributed by atoms with van der Waals surface area (Å²) in [5.41, 5.74) is 0.0666. The van der Waals surface area contributed by atoms with E-state index in [2.05, 4.69) is 49.0 Å². The summed E-state index contributed by atoms with van der Waals surface area (Å²) in [6, 6.07) is 2.15. The van der Waals surface area contributed by atoms with E-state index in [0.29, 0.717) is 0 Å². The van der Waals surface area contributed by atoms with Crippen LogP contribution in [0.1, 0.15) is 32.1 Å². The monoisotopic (exact) mass is 235 g/mol. The molecule has 0 fully saturated rings. The molecule has 0 unspecified atom stereocenters. The maximum atomic E-state index is 4.34. The van der Waals surface area contributed by atoms with Crippen molar-refractivity contribution < 1.29 is 0 Å². The number of aryl methyl sites for hydroxylation is 1. The van der Waals surface area contributed by atoms with Crippen LogP contribution >= 0.6 is 11.3 Å². The van der Waals surface area contributed by atoms with Crippen molar-refractivity contribution in [3.63, 3.8) is 0 Å². The molecule has 2 aromatic heterocycles. The SMILES string of the molecule is CCC(C)(C)Nc1ncnc2sc(C)cc12. The maximum Gasteiger partial charge on any atom is 0.138 e. The molecule has 16 heavy (non-hydrogen) atoms. The lowest BCUT2D eigenvalue weighted by Gasteiger charge is -2.25. The van der Waals surface area contributed by atoms with Gasteiger partial charge in [-0.15, -0.1) is 11.3 Å². The topological polar surface area (TPSA) is 37.8 Å². The normalized spacial score (nSPS) is 12.0. The molecule has 2 heterocycles. The minimum Gasteiger partial charge on any atom is -0.365 e. The van der Waals surface area contributed by atoms with E-state index in [9.17, 15) is 0 Å². The molecule has 0 saturated carbocycles. The van der Waals surface area contributed by atoms with Crippen molar-refractivity contribution in [1.82, 2.24) is 9.97 Å². The summed E-state index contributed by atoms with van der Waals surface area (Å²) in [4.78, 5) is 11.0. The van der Waals surface area contributed by atoms with Gasteiger partial charge >= 0.3 is 0 Å². The fourth-order valence-electron chi connectivity index (χ4n) is 1.48. The summed E-state index contributed by atoms with van der Waals surface area (Å²) in [5, 5.41) is 4.61. The standard InChI is InChI=1S/C12H17N3S/c1-5-12(3,4)15-10-9-6-8(2)16-11(9)14-7-13-10/h6-7H,5H2,1-4H3,(H,13,14,15). The zero-order chi connectivity index (χ0) is 11.8. The van der Waals surface area contributed by atoms with E-state index >= 15 is 0 Å². The van der Waals surface area contributed by atoms with Crippen LogP contribution in [-0.2, 0) is 0 Å². The second-order valence-electron chi connectivity index (χ2n) is 4.66. The molecule has 3 nitrogen and oxygen atoms in total. The average molecular weight is 235 g/mol. The van der Waals surface area contributed by atoms with Crippen LogP contribution < -0.4 is 5.32 Å². The number of hydrogen-bond donors (Lipinski definition) is 1.